The van der Waals surface area contributed by atoms with E-state index in [1.807, 2.05) is 0 Å². The Morgan fingerprint density at radius 1 is 1.21 bits per heavy atom. The number of amides is 2. The summed E-state index contributed by atoms with van der Waals surface area (Å²) in [6, 6.07) is 9.79. The van der Waals surface area contributed by atoms with Gasteiger partial charge in [-0.05, 0) is 43.0 Å². The van der Waals surface area contributed by atoms with Crippen LogP contribution in [0.4, 0.5) is 10.1 Å². The standard InChI is InChI=1S/C20H19ClFN3O4/c21-16-6-5-14(11-18(16)25(28)29)19(26)23-12-13-7-9-24(10-8-13)20(27)15-3-1-2-4-17(15)22/h1-6,11,13H,7-10,12H2,(H,23,26). The lowest BCUT2D eigenvalue weighted by molar-refractivity contribution is -0.384. The zero-order chi connectivity index (χ0) is 21.0. The summed E-state index contributed by atoms with van der Waals surface area (Å²) >= 11 is 5.76. The molecular weight excluding hydrogens is 401 g/mol. The second-order valence-corrected chi connectivity index (χ2v) is 7.26. The molecular formula is C20H19ClFN3O4. The van der Waals surface area contributed by atoms with Crippen molar-refractivity contribution < 1.29 is 18.9 Å². The van der Waals surface area contributed by atoms with Gasteiger partial charge in [-0.1, -0.05) is 23.7 Å². The molecule has 2 amide bonds. The molecule has 0 aliphatic carbocycles. The quantitative estimate of drug-likeness (QED) is 0.591. The Labute approximate surface area is 171 Å². The van der Waals surface area contributed by atoms with Crippen LogP contribution in [0.2, 0.25) is 5.02 Å². The number of rotatable bonds is 5. The Morgan fingerprint density at radius 3 is 2.55 bits per heavy atom. The summed E-state index contributed by atoms with van der Waals surface area (Å²) in [5.41, 5.74) is -0.101. The van der Waals surface area contributed by atoms with Gasteiger partial charge in [-0.3, -0.25) is 19.7 Å². The number of nitro groups is 1. The number of nitrogens with one attached hydrogen (secondary N) is 1. The van der Waals surface area contributed by atoms with Crippen LogP contribution >= 0.6 is 11.6 Å². The van der Waals surface area contributed by atoms with Gasteiger partial charge < -0.3 is 10.2 Å². The molecule has 1 aliphatic rings. The molecule has 1 saturated heterocycles. The van der Waals surface area contributed by atoms with Gasteiger partial charge in [-0.15, -0.1) is 0 Å². The minimum atomic E-state index is -0.637. The van der Waals surface area contributed by atoms with Gasteiger partial charge in [-0.2, -0.15) is 0 Å². The largest absolute Gasteiger partial charge is 0.352 e. The first-order valence-electron chi connectivity index (χ1n) is 9.12. The van der Waals surface area contributed by atoms with E-state index >= 15 is 0 Å². The third-order valence-corrected chi connectivity index (χ3v) is 5.28. The highest BCUT2D eigenvalue weighted by Gasteiger charge is 2.25. The molecule has 9 heteroatoms. The van der Waals surface area contributed by atoms with Crippen molar-refractivity contribution in [1.82, 2.24) is 10.2 Å². The van der Waals surface area contributed by atoms with Gasteiger partial charge >= 0.3 is 0 Å². The van der Waals surface area contributed by atoms with E-state index in [4.69, 9.17) is 11.6 Å². The summed E-state index contributed by atoms with van der Waals surface area (Å²) in [5.74, 6) is -1.14. The van der Waals surface area contributed by atoms with E-state index in [0.717, 1.165) is 6.07 Å². The second kappa shape index (κ2) is 9.00. The average Bonchev–Trinajstić information content (AvgIpc) is 2.72. The maximum Gasteiger partial charge on any atom is 0.288 e. The maximum absolute atomic E-state index is 13.8. The van der Waals surface area contributed by atoms with Gasteiger partial charge in [-0.25, -0.2) is 4.39 Å². The minimum absolute atomic E-state index is 0.0292. The molecule has 1 N–H and O–H groups in total. The summed E-state index contributed by atoms with van der Waals surface area (Å²) in [7, 11) is 0. The van der Waals surface area contributed by atoms with Crippen molar-refractivity contribution >= 4 is 29.1 Å². The highest BCUT2D eigenvalue weighted by molar-refractivity contribution is 6.32. The van der Waals surface area contributed by atoms with E-state index in [9.17, 15) is 24.1 Å². The number of benzene rings is 2. The Kier molecular flexibility index (Phi) is 6.43. The smallest absolute Gasteiger partial charge is 0.288 e. The molecule has 1 fully saturated rings. The van der Waals surface area contributed by atoms with Gasteiger partial charge in [0.25, 0.3) is 17.5 Å². The van der Waals surface area contributed by atoms with Gasteiger partial charge in [0.15, 0.2) is 0 Å². The third kappa shape index (κ3) is 4.89. The van der Waals surface area contributed by atoms with Crippen LogP contribution in [-0.2, 0) is 0 Å². The van der Waals surface area contributed by atoms with E-state index in [1.54, 1.807) is 11.0 Å². The summed E-state index contributed by atoms with van der Waals surface area (Å²) in [4.78, 5) is 36.6. The molecule has 0 atom stereocenters. The minimum Gasteiger partial charge on any atom is -0.352 e. The summed E-state index contributed by atoms with van der Waals surface area (Å²) in [6.07, 6.45) is 1.34. The number of hydrogen-bond acceptors (Lipinski definition) is 4. The maximum atomic E-state index is 13.8. The molecule has 2 aromatic rings. The Hall–Kier alpha value is -3.00. The summed E-state index contributed by atoms with van der Waals surface area (Å²) in [6.45, 7) is 1.33. The van der Waals surface area contributed by atoms with Crippen LogP contribution in [0.5, 0.6) is 0 Å². The van der Waals surface area contributed by atoms with Crippen molar-refractivity contribution in [3.63, 3.8) is 0 Å². The van der Waals surface area contributed by atoms with Crippen LogP contribution in [0.15, 0.2) is 42.5 Å². The first kappa shape index (κ1) is 20.7. The molecule has 2 aromatic carbocycles. The number of carbonyl (C=O) groups excluding carboxylic acids is 2. The Morgan fingerprint density at radius 2 is 1.90 bits per heavy atom. The highest BCUT2D eigenvalue weighted by Crippen LogP contribution is 2.25. The Balaban J connectivity index is 1.52. The molecule has 0 unspecified atom stereocenters. The summed E-state index contributed by atoms with van der Waals surface area (Å²) < 4.78 is 13.8. The van der Waals surface area contributed by atoms with Crippen molar-refractivity contribution in [1.29, 1.82) is 0 Å². The molecule has 0 radical (unpaired) electrons. The molecule has 7 nitrogen and oxygen atoms in total. The van der Waals surface area contributed by atoms with Crippen LogP contribution < -0.4 is 5.32 Å². The predicted octanol–water partition coefficient (Wildman–Crippen LogP) is 3.67. The van der Waals surface area contributed by atoms with Crippen LogP contribution in [0.3, 0.4) is 0 Å². The van der Waals surface area contributed by atoms with Crippen molar-refractivity contribution in [3.05, 3.63) is 74.5 Å². The Bertz CT molecular complexity index is 945. The van der Waals surface area contributed by atoms with Crippen LogP contribution in [-0.4, -0.2) is 41.3 Å². The molecule has 152 valence electrons. The van der Waals surface area contributed by atoms with Gasteiger partial charge in [0, 0.05) is 31.3 Å². The number of nitro benzene ring substituents is 1. The number of likely N-dealkylation sites (tertiary alicyclic amines) is 1. The molecule has 0 bridgehead atoms. The average molecular weight is 420 g/mol. The number of nitrogens with zero attached hydrogens (tertiary/aromatic N) is 2. The summed E-state index contributed by atoms with van der Waals surface area (Å²) in [5, 5.41) is 13.7. The molecule has 29 heavy (non-hydrogen) atoms. The molecule has 1 heterocycles. The first-order valence-corrected chi connectivity index (χ1v) is 9.50. The van der Waals surface area contributed by atoms with Crippen molar-refractivity contribution in [2.75, 3.05) is 19.6 Å². The fourth-order valence-electron chi connectivity index (χ4n) is 3.28. The predicted molar refractivity (Wildman–Crippen MR) is 105 cm³/mol. The lowest BCUT2D eigenvalue weighted by Crippen LogP contribution is -2.41. The van der Waals surface area contributed by atoms with Crippen molar-refractivity contribution in [2.24, 2.45) is 5.92 Å². The zero-order valence-corrected chi connectivity index (χ0v) is 16.2. The monoisotopic (exact) mass is 419 g/mol. The number of carbonyl (C=O) groups is 2. The SMILES string of the molecule is O=C(NCC1CCN(C(=O)c2ccccc2F)CC1)c1ccc(Cl)c([N+](=O)[O-])c1. The lowest BCUT2D eigenvalue weighted by atomic mass is 9.96. The molecule has 0 saturated carbocycles. The molecule has 1 aliphatic heterocycles. The lowest BCUT2D eigenvalue weighted by Gasteiger charge is -2.32. The molecule has 0 spiro atoms. The van der Waals surface area contributed by atoms with Gasteiger partial charge in [0.1, 0.15) is 10.8 Å². The van der Waals surface area contributed by atoms with E-state index in [-0.39, 0.29) is 33.7 Å². The van der Waals surface area contributed by atoms with E-state index in [0.29, 0.717) is 32.5 Å². The van der Waals surface area contributed by atoms with E-state index < -0.39 is 16.6 Å². The fraction of sp³-hybridized carbons (Fsp3) is 0.300. The van der Waals surface area contributed by atoms with Crippen LogP contribution in [0.25, 0.3) is 0 Å². The van der Waals surface area contributed by atoms with E-state index in [2.05, 4.69) is 5.32 Å². The molecule has 0 aromatic heterocycles. The van der Waals surface area contributed by atoms with Crippen LogP contribution in [0.1, 0.15) is 33.6 Å². The fourth-order valence-corrected chi connectivity index (χ4v) is 3.46. The highest BCUT2D eigenvalue weighted by atomic mass is 35.5. The van der Waals surface area contributed by atoms with Gasteiger partial charge in [0.2, 0.25) is 0 Å². The molecule has 3 rings (SSSR count). The first-order chi connectivity index (χ1) is 13.9. The van der Waals surface area contributed by atoms with Crippen molar-refractivity contribution in [2.45, 2.75) is 12.8 Å². The van der Waals surface area contributed by atoms with Gasteiger partial charge in [0.05, 0.1) is 10.5 Å². The zero-order valence-electron chi connectivity index (χ0n) is 15.4. The van der Waals surface area contributed by atoms with Crippen molar-refractivity contribution in [3.8, 4) is 0 Å². The normalized spacial score (nSPS) is 14.5. The van der Waals surface area contributed by atoms with Crippen LogP contribution in [0, 0.1) is 21.8 Å². The van der Waals surface area contributed by atoms with E-state index in [1.165, 1.54) is 30.3 Å². The number of hydrogen-bond donors (Lipinski definition) is 1. The second-order valence-electron chi connectivity index (χ2n) is 6.85. The topological polar surface area (TPSA) is 92.6 Å². The number of halogens is 2. The third-order valence-electron chi connectivity index (χ3n) is 4.96. The number of piperidine rings is 1.